The fourth-order valence-electron chi connectivity index (χ4n) is 3.02. The molecule has 2 aromatic carbocycles. The molecule has 0 aliphatic heterocycles. The van der Waals surface area contributed by atoms with Crippen molar-refractivity contribution in [1.82, 2.24) is 10.3 Å². The Kier molecular flexibility index (Phi) is 8.29. The van der Waals surface area contributed by atoms with E-state index in [1.807, 2.05) is 13.8 Å². The van der Waals surface area contributed by atoms with Gasteiger partial charge in [-0.15, -0.1) is 0 Å². The van der Waals surface area contributed by atoms with Gasteiger partial charge in [0.1, 0.15) is 0 Å². The first kappa shape index (κ1) is 25.1. The molecule has 0 aliphatic rings. The predicted octanol–water partition coefficient (Wildman–Crippen LogP) is 2.85. The maximum Gasteiger partial charge on any atom is 0.349 e. The first-order chi connectivity index (χ1) is 16.7. The van der Waals surface area contributed by atoms with Gasteiger partial charge in [-0.3, -0.25) is 9.78 Å². The van der Waals surface area contributed by atoms with Crippen LogP contribution in [0, 0.1) is 13.8 Å². The molecule has 0 spiro atoms. The number of nitrogens with zero attached hydrogens (tertiary/aromatic N) is 1. The van der Waals surface area contributed by atoms with Gasteiger partial charge in [-0.1, -0.05) is 41.5 Å². The van der Waals surface area contributed by atoms with Crippen LogP contribution in [0.15, 0.2) is 72.9 Å². The Balaban J connectivity index is 1.85. The third-order valence-electron chi connectivity index (χ3n) is 4.99. The minimum Gasteiger partial charge on any atom is -0.478 e. The van der Waals surface area contributed by atoms with Crippen molar-refractivity contribution >= 4 is 23.8 Å². The number of rotatable bonds is 9. The highest BCUT2D eigenvalue weighted by Crippen LogP contribution is 2.15. The van der Waals surface area contributed by atoms with Crippen LogP contribution in [0.25, 0.3) is 0 Å². The summed E-state index contributed by atoms with van der Waals surface area (Å²) in [6.07, 6.45) is -2.53. The van der Waals surface area contributed by atoms with Crippen molar-refractivity contribution in [3.8, 4) is 0 Å². The standard InChI is InChI=1S/C26H24N2O7/c1-16-6-10-18(11-7-16)25(32)34-21(23(29)28-15-20-5-3-4-14-27-20)22(24(30)31)35-26(33)19-12-8-17(2)9-13-19/h3-14,21-22H,15H2,1-2H3,(H,28,29)(H,30,31)/t21-,22+/m0/s1. The molecule has 0 fully saturated rings. The Labute approximate surface area is 201 Å². The summed E-state index contributed by atoms with van der Waals surface area (Å²) in [5, 5.41) is 12.3. The van der Waals surface area contributed by atoms with Crippen LogP contribution in [0.4, 0.5) is 0 Å². The highest BCUT2D eigenvalue weighted by atomic mass is 16.6. The highest BCUT2D eigenvalue weighted by molar-refractivity contribution is 5.96. The quantitative estimate of drug-likeness (QED) is 0.451. The van der Waals surface area contributed by atoms with E-state index in [2.05, 4.69) is 10.3 Å². The molecule has 0 radical (unpaired) electrons. The van der Waals surface area contributed by atoms with Crippen LogP contribution in [0.2, 0.25) is 0 Å². The number of benzene rings is 2. The number of ether oxygens (including phenoxy) is 2. The van der Waals surface area contributed by atoms with E-state index in [-0.39, 0.29) is 17.7 Å². The summed E-state index contributed by atoms with van der Waals surface area (Å²) >= 11 is 0. The normalized spacial score (nSPS) is 12.2. The summed E-state index contributed by atoms with van der Waals surface area (Å²) in [7, 11) is 0. The second kappa shape index (κ2) is 11.6. The van der Waals surface area contributed by atoms with Crippen LogP contribution in [0.1, 0.15) is 37.5 Å². The van der Waals surface area contributed by atoms with Gasteiger partial charge in [0.05, 0.1) is 23.4 Å². The molecule has 9 nitrogen and oxygen atoms in total. The Bertz CT molecular complexity index is 1190. The van der Waals surface area contributed by atoms with Crippen molar-refractivity contribution in [2.24, 2.45) is 0 Å². The van der Waals surface area contributed by atoms with Crippen molar-refractivity contribution in [2.75, 3.05) is 0 Å². The molecule has 180 valence electrons. The number of nitrogens with one attached hydrogen (secondary N) is 1. The maximum atomic E-state index is 13.0. The number of pyridine rings is 1. The lowest BCUT2D eigenvalue weighted by molar-refractivity contribution is -0.159. The lowest BCUT2D eigenvalue weighted by Gasteiger charge is -2.23. The number of hydrogen-bond acceptors (Lipinski definition) is 7. The molecule has 2 N–H and O–H groups in total. The molecule has 1 amide bonds. The third-order valence-corrected chi connectivity index (χ3v) is 4.99. The lowest BCUT2D eigenvalue weighted by atomic mass is 10.1. The van der Waals surface area contributed by atoms with E-state index in [0.717, 1.165) is 11.1 Å². The molecular weight excluding hydrogens is 452 g/mol. The Morgan fingerprint density at radius 2 is 1.31 bits per heavy atom. The summed E-state index contributed by atoms with van der Waals surface area (Å²) in [4.78, 5) is 54.4. The molecule has 0 saturated heterocycles. The average Bonchev–Trinajstić information content (AvgIpc) is 2.85. The lowest BCUT2D eigenvalue weighted by Crippen LogP contribution is -2.50. The van der Waals surface area contributed by atoms with Gasteiger partial charge in [-0.2, -0.15) is 0 Å². The van der Waals surface area contributed by atoms with Gasteiger partial charge in [0.2, 0.25) is 12.2 Å². The monoisotopic (exact) mass is 476 g/mol. The molecule has 3 rings (SSSR count). The number of esters is 2. The molecule has 3 aromatic rings. The molecule has 2 atom stereocenters. The minimum absolute atomic E-state index is 0.0590. The van der Waals surface area contributed by atoms with E-state index in [4.69, 9.17) is 9.47 Å². The third kappa shape index (κ3) is 6.97. The SMILES string of the molecule is Cc1ccc(C(=O)O[C@H](C(=O)NCc2ccccn2)[C@@H](OC(=O)c2ccc(C)cc2)C(=O)O)cc1. The fraction of sp³-hybridized carbons (Fsp3) is 0.192. The first-order valence-corrected chi connectivity index (χ1v) is 10.7. The summed E-state index contributed by atoms with van der Waals surface area (Å²) < 4.78 is 10.4. The molecule has 35 heavy (non-hydrogen) atoms. The number of carboxylic acid groups (broad SMARTS) is 1. The van der Waals surface area contributed by atoms with Gasteiger partial charge in [0, 0.05) is 6.20 Å². The van der Waals surface area contributed by atoms with Gasteiger partial charge in [0.15, 0.2) is 0 Å². The van der Waals surface area contributed by atoms with Crippen molar-refractivity contribution < 1.29 is 33.8 Å². The summed E-state index contributed by atoms with van der Waals surface area (Å²) in [6, 6.07) is 17.6. The summed E-state index contributed by atoms with van der Waals surface area (Å²) in [5.41, 5.74) is 2.45. The van der Waals surface area contributed by atoms with Crippen molar-refractivity contribution in [1.29, 1.82) is 0 Å². The number of carbonyl (C=O) groups excluding carboxylic acids is 3. The van der Waals surface area contributed by atoms with Crippen molar-refractivity contribution in [3.63, 3.8) is 0 Å². The van der Waals surface area contributed by atoms with Crippen LogP contribution in [-0.2, 0) is 25.6 Å². The minimum atomic E-state index is -2.10. The molecular formula is C26H24N2O7. The number of carboxylic acids is 1. The van der Waals surface area contributed by atoms with E-state index < -0.39 is 36.0 Å². The van der Waals surface area contributed by atoms with Crippen LogP contribution < -0.4 is 5.32 Å². The summed E-state index contributed by atoms with van der Waals surface area (Å²) in [5.74, 6) is -4.53. The molecule has 1 aromatic heterocycles. The Morgan fingerprint density at radius 3 is 1.77 bits per heavy atom. The smallest absolute Gasteiger partial charge is 0.349 e. The largest absolute Gasteiger partial charge is 0.478 e. The zero-order valence-electron chi connectivity index (χ0n) is 19.1. The zero-order chi connectivity index (χ0) is 25.4. The zero-order valence-corrected chi connectivity index (χ0v) is 19.1. The van der Waals surface area contributed by atoms with Crippen LogP contribution in [0.3, 0.4) is 0 Å². The number of hydrogen-bond donors (Lipinski definition) is 2. The fourth-order valence-corrected chi connectivity index (χ4v) is 3.02. The number of aryl methyl sites for hydroxylation is 2. The number of amides is 1. The van der Waals surface area contributed by atoms with Gasteiger partial charge in [0.25, 0.3) is 5.91 Å². The average molecular weight is 476 g/mol. The molecule has 0 aliphatic carbocycles. The Hall–Kier alpha value is -4.53. The molecule has 0 bridgehead atoms. The molecule has 0 saturated carbocycles. The topological polar surface area (TPSA) is 132 Å². The van der Waals surface area contributed by atoms with Crippen molar-refractivity contribution in [3.05, 3.63) is 101 Å². The predicted molar refractivity (Wildman–Crippen MR) is 124 cm³/mol. The second-order valence-electron chi connectivity index (χ2n) is 7.76. The molecule has 0 unspecified atom stereocenters. The summed E-state index contributed by atoms with van der Waals surface area (Å²) in [6.45, 7) is 3.59. The number of aromatic nitrogens is 1. The number of carbonyl (C=O) groups is 4. The van der Waals surface area contributed by atoms with Gasteiger partial charge >= 0.3 is 17.9 Å². The van der Waals surface area contributed by atoms with E-state index in [0.29, 0.717) is 5.69 Å². The van der Waals surface area contributed by atoms with E-state index in [1.165, 1.54) is 30.5 Å². The highest BCUT2D eigenvalue weighted by Gasteiger charge is 2.40. The second-order valence-corrected chi connectivity index (χ2v) is 7.76. The maximum absolute atomic E-state index is 13.0. The van der Waals surface area contributed by atoms with E-state index in [1.54, 1.807) is 42.5 Å². The van der Waals surface area contributed by atoms with Crippen LogP contribution in [-0.4, -0.2) is 46.1 Å². The molecule has 1 heterocycles. The first-order valence-electron chi connectivity index (χ1n) is 10.7. The van der Waals surface area contributed by atoms with Gasteiger partial charge in [-0.05, 0) is 50.2 Å². The van der Waals surface area contributed by atoms with Gasteiger partial charge < -0.3 is 19.9 Å². The van der Waals surface area contributed by atoms with Crippen LogP contribution >= 0.6 is 0 Å². The van der Waals surface area contributed by atoms with Gasteiger partial charge in [-0.25, -0.2) is 14.4 Å². The van der Waals surface area contributed by atoms with E-state index in [9.17, 15) is 24.3 Å². The molecule has 9 heteroatoms. The van der Waals surface area contributed by atoms with E-state index >= 15 is 0 Å². The van der Waals surface area contributed by atoms with Crippen molar-refractivity contribution in [2.45, 2.75) is 32.6 Å². The number of aliphatic carboxylic acids is 1. The Morgan fingerprint density at radius 1 is 0.800 bits per heavy atom. The van der Waals surface area contributed by atoms with Crippen LogP contribution in [0.5, 0.6) is 0 Å².